The molecule has 0 bridgehead atoms. The first-order chi connectivity index (χ1) is 3.89. The maximum Gasteiger partial charge on any atom is 0.0320 e. The monoisotopic (exact) mass is 105 g/mol. The fourth-order valence-electron chi connectivity index (χ4n) is 0.470. The highest BCUT2D eigenvalue weighted by molar-refractivity contribution is 5.26. The average molecular weight is 105 g/mol. The third kappa shape index (κ3) is 1.14. The molecular weight excluding hydrogens is 98.1 g/mol. The van der Waals surface area contributed by atoms with Gasteiger partial charge >= 0.3 is 0 Å². The lowest BCUT2D eigenvalue weighted by Crippen LogP contribution is -1.89. The van der Waals surface area contributed by atoms with Crippen molar-refractivity contribution >= 4 is 0 Å². The molecule has 0 saturated carbocycles. The second-order valence-corrected chi connectivity index (χ2v) is 1.53. The molecular formula is C7H7N. The zero-order valence-corrected chi connectivity index (χ0v) is 4.46. The van der Waals surface area contributed by atoms with E-state index in [1.54, 1.807) is 12.2 Å². The summed E-state index contributed by atoms with van der Waals surface area (Å²) in [6, 6.07) is 0. The van der Waals surface area contributed by atoms with Crippen LogP contribution in [0.4, 0.5) is 0 Å². The Morgan fingerprint density at radius 2 is 2.25 bits per heavy atom. The van der Waals surface area contributed by atoms with Crippen molar-refractivity contribution in [1.82, 2.24) is 0 Å². The molecule has 40 valence electrons. The zero-order valence-electron chi connectivity index (χ0n) is 4.46. The minimum Gasteiger partial charge on any atom is -0.399 e. The van der Waals surface area contributed by atoms with Gasteiger partial charge in [0, 0.05) is 5.70 Å². The second-order valence-electron chi connectivity index (χ2n) is 1.53. The van der Waals surface area contributed by atoms with Crippen molar-refractivity contribution in [2.24, 2.45) is 5.73 Å². The van der Waals surface area contributed by atoms with Crippen LogP contribution in [0, 0.1) is 0 Å². The van der Waals surface area contributed by atoms with Gasteiger partial charge in [-0.1, -0.05) is 6.08 Å². The molecule has 0 aromatic heterocycles. The van der Waals surface area contributed by atoms with Gasteiger partial charge in [-0.25, -0.2) is 0 Å². The van der Waals surface area contributed by atoms with Crippen LogP contribution in [-0.2, 0) is 0 Å². The number of rotatable bonds is 0. The molecule has 8 heavy (non-hydrogen) atoms. The Morgan fingerprint density at radius 1 is 1.38 bits per heavy atom. The van der Waals surface area contributed by atoms with Gasteiger partial charge in [0.2, 0.25) is 0 Å². The van der Waals surface area contributed by atoms with Crippen LogP contribution >= 0.6 is 0 Å². The van der Waals surface area contributed by atoms with Crippen molar-refractivity contribution in [3.8, 4) is 0 Å². The molecule has 0 aliphatic heterocycles. The van der Waals surface area contributed by atoms with E-state index in [1.165, 1.54) is 0 Å². The van der Waals surface area contributed by atoms with Crippen LogP contribution in [0.2, 0.25) is 0 Å². The molecule has 0 aromatic carbocycles. The Balaban J connectivity index is 2.90. The first-order valence-electron chi connectivity index (χ1n) is 2.44. The average Bonchev–Trinajstić information content (AvgIpc) is 1.94. The van der Waals surface area contributed by atoms with Crippen molar-refractivity contribution in [1.29, 1.82) is 0 Å². The van der Waals surface area contributed by atoms with Crippen LogP contribution in [0.25, 0.3) is 0 Å². The van der Waals surface area contributed by atoms with E-state index >= 15 is 0 Å². The van der Waals surface area contributed by atoms with Gasteiger partial charge in [0.25, 0.3) is 0 Å². The zero-order chi connectivity index (χ0) is 5.82. The number of hydrogen-bond donors (Lipinski definition) is 1. The van der Waals surface area contributed by atoms with E-state index in [0.29, 0.717) is 0 Å². The summed E-state index contributed by atoms with van der Waals surface area (Å²) in [4.78, 5) is 0. The first-order valence-corrected chi connectivity index (χ1v) is 2.44. The molecule has 0 aromatic rings. The number of nitrogens with two attached hydrogens (primary N) is 1. The molecule has 2 N–H and O–H groups in total. The van der Waals surface area contributed by atoms with E-state index in [-0.39, 0.29) is 0 Å². The fourth-order valence-corrected chi connectivity index (χ4v) is 0.470. The molecule has 0 atom stereocenters. The number of hydrogen-bond acceptors (Lipinski definition) is 1. The van der Waals surface area contributed by atoms with Crippen LogP contribution in [0.3, 0.4) is 0 Å². The van der Waals surface area contributed by atoms with Crippen molar-refractivity contribution in [2.75, 3.05) is 0 Å². The lowest BCUT2D eigenvalue weighted by atomic mass is 10.4. The Bertz CT molecular complexity index is 190. The summed E-state index contributed by atoms with van der Waals surface area (Å²) in [5.41, 5.74) is 9.07. The minimum absolute atomic E-state index is 0.770. The molecule has 0 radical (unpaired) electrons. The molecule has 1 aliphatic rings. The molecule has 0 unspecified atom stereocenters. The van der Waals surface area contributed by atoms with Crippen molar-refractivity contribution < 1.29 is 0 Å². The Morgan fingerprint density at radius 3 is 3.12 bits per heavy atom. The topological polar surface area (TPSA) is 26.0 Å². The van der Waals surface area contributed by atoms with Gasteiger partial charge in [-0.05, 0) is 24.3 Å². The molecule has 0 spiro atoms. The van der Waals surface area contributed by atoms with Crippen molar-refractivity contribution in [2.45, 2.75) is 0 Å². The highest BCUT2D eigenvalue weighted by atomic mass is 14.5. The summed E-state index contributed by atoms with van der Waals surface area (Å²) >= 11 is 0. The maximum atomic E-state index is 5.42. The smallest absolute Gasteiger partial charge is 0.0320 e. The summed E-state index contributed by atoms with van der Waals surface area (Å²) in [7, 11) is 0. The van der Waals surface area contributed by atoms with Crippen LogP contribution in [0.5, 0.6) is 0 Å². The van der Waals surface area contributed by atoms with E-state index in [4.69, 9.17) is 5.73 Å². The van der Waals surface area contributed by atoms with Gasteiger partial charge in [0.1, 0.15) is 0 Å². The first kappa shape index (κ1) is 4.95. The second kappa shape index (κ2) is 2.20. The Hall–Kier alpha value is -1.20. The molecule has 1 aliphatic carbocycles. The highest BCUT2D eigenvalue weighted by Crippen LogP contribution is 1.90. The largest absolute Gasteiger partial charge is 0.399 e. The van der Waals surface area contributed by atoms with Crippen molar-refractivity contribution in [3.63, 3.8) is 0 Å². The normalized spacial score (nSPS) is 15.8. The standard InChI is InChI=1S/C7H7N/c8-7-5-3-1-2-4-6-7/h1,3-6H,8H2. The fraction of sp³-hybridized carbons (Fsp3) is 0. The lowest BCUT2D eigenvalue weighted by molar-refractivity contribution is 1.43. The van der Waals surface area contributed by atoms with Gasteiger partial charge in [0.15, 0.2) is 0 Å². The molecule has 1 rings (SSSR count). The third-order valence-electron chi connectivity index (χ3n) is 0.853. The summed E-state index contributed by atoms with van der Waals surface area (Å²) < 4.78 is 0. The molecule has 1 heteroatoms. The predicted molar refractivity (Wildman–Crippen MR) is 34.1 cm³/mol. The van der Waals surface area contributed by atoms with Gasteiger partial charge in [-0.15, -0.1) is 5.73 Å². The minimum atomic E-state index is 0.770. The molecule has 0 amide bonds. The lowest BCUT2D eigenvalue weighted by Gasteiger charge is -1.82. The summed E-state index contributed by atoms with van der Waals surface area (Å²) in [6.07, 6.45) is 9.09. The predicted octanol–water partition coefficient (Wildman–Crippen LogP) is 1.11. The van der Waals surface area contributed by atoms with Gasteiger partial charge in [-0.2, -0.15) is 0 Å². The van der Waals surface area contributed by atoms with E-state index in [9.17, 15) is 0 Å². The Labute approximate surface area is 48.5 Å². The molecule has 0 saturated heterocycles. The van der Waals surface area contributed by atoms with Crippen LogP contribution in [0.15, 0.2) is 41.8 Å². The SMILES string of the molecule is NC1=CC=C=CC=C1. The third-order valence-corrected chi connectivity index (χ3v) is 0.853. The molecule has 0 heterocycles. The summed E-state index contributed by atoms with van der Waals surface area (Å²) in [6.45, 7) is 0. The van der Waals surface area contributed by atoms with Crippen molar-refractivity contribution in [3.05, 3.63) is 41.8 Å². The van der Waals surface area contributed by atoms with Crippen LogP contribution in [0.1, 0.15) is 0 Å². The molecule has 1 nitrogen and oxygen atoms in total. The van der Waals surface area contributed by atoms with Gasteiger partial charge in [0.05, 0.1) is 0 Å². The summed E-state index contributed by atoms with van der Waals surface area (Å²) in [5, 5.41) is 0. The number of allylic oxidation sites excluding steroid dienone is 4. The van der Waals surface area contributed by atoms with E-state index in [1.807, 2.05) is 18.2 Å². The van der Waals surface area contributed by atoms with Crippen LogP contribution in [-0.4, -0.2) is 0 Å². The Kier molecular flexibility index (Phi) is 1.36. The molecule has 0 fully saturated rings. The van der Waals surface area contributed by atoms with E-state index in [0.717, 1.165) is 5.70 Å². The highest BCUT2D eigenvalue weighted by Gasteiger charge is 1.77. The maximum absolute atomic E-state index is 5.42. The summed E-state index contributed by atoms with van der Waals surface area (Å²) in [5.74, 6) is 0. The van der Waals surface area contributed by atoms with E-state index in [2.05, 4.69) is 5.73 Å². The van der Waals surface area contributed by atoms with Gasteiger partial charge < -0.3 is 5.73 Å². The quantitative estimate of drug-likeness (QED) is 0.459. The van der Waals surface area contributed by atoms with Gasteiger partial charge in [-0.3, -0.25) is 0 Å². The van der Waals surface area contributed by atoms with Crippen LogP contribution < -0.4 is 5.73 Å². The van der Waals surface area contributed by atoms with E-state index < -0.39 is 0 Å².